The van der Waals surface area contributed by atoms with Gasteiger partial charge in [-0.25, -0.2) is 4.79 Å². The van der Waals surface area contributed by atoms with Gasteiger partial charge in [0.2, 0.25) is 0 Å². The predicted molar refractivity (Wildman–Crippen MR) is 60.1 cm³/mol. The lowest BCUT2D eigenvalue weighted by molar-refractivity contribution is 0.0696. The summed E-state index contributed by atoms with van der Waals surface area (Å²) >= 11 is 0. The van der Waals surface area contributed by atoms with Crippen molar-refractivity contribution in [2.75, 3.05) is 6.54 Å². The molecule has 1 atom stereocenters. The van der Waals surface area contributed by atoms with Crippen LogP contribution in [-0.2, 0) is 0 Å². The van der Waals surface area contributed by atoms with Crippen LogP contribution in [0.2, 0.25) is 0 Å². The molecule has 3 N–H and O–H groups in total. The molecule has 1 rings (SSSR count). The van der Waals surface area contributed by atoms with Gasteiger partial charge in [0.25, 0.3) is 0 Å². The molecule has 0 heterocycles. The highest BCUT2D eigenvalue weighted by Gasteiger charge is 2.08. The van der Waals surface area contributed by atoms with E-state index in [0.717, 1.165) is 18.4 Å². The fourth-order valence-electron chi connectivity index (χ4n) is 1.57. The Morgan fingerprint density at radius 1 is 1.53 bits per heavy atom. The van der Waals surface area contributed by atoms with Crippen LogP contribution in [0.15, 0.2) is 24.3 Å². The van der Waals surface area contributed by atoms with Gasteiger partial charge < -0.3 is 10.8 Å². The molecule has 82 valence electrons. The Morgan fingerprint density at radius 2 is 2.27 bits per heavy atom. The number of carboxylic acids is 1. The molecular weight excluding hydrogens is 190 g/mol. The van der Waals surface area contributed by atoms with E-state index in [9.17, 15) is 4.79 Å². The van der Waals surface area contributed by atoms with E-state index in [0.29, 0.717) is 18.0 Å². The molecule has 0 spiro atoms. The fourth-order valence-corrected chi connectivity index (χ4v) is 1.57. The van der Waals surface area contributed by atoms with Crippen molar-refractivity contribution >= 4 is 5.97 Å². The van der Waals surface area contributed by atoms with Crippen LogP contribution in [0.25, 0.3) is 0 Å². The van der Waals surface area contributed by atoms with Crippen LogP contribution in [0.3, 0.4) is 0 Å². The molecule has 0 aliphatic rings. The average molecular weight is 207 g/mol. The van der Waals surface area contributed by atoms with Crippen LogP contribution in [0, 0.1) is 0 Å². The first-order chi connectivity index (χ1) is 7.15. The third-order valence-corrected chi connectivity index (χ3v) is 2.54. The minimum absolute atomic E-state index is 0.354. The quantitative estimate of drug-likeness (QED) is 0.778. The van der Waals surface area contributed by atoms with Gasteiger partial charge in [-0.05, 0) is 43.0 Å². The summed E-state index contributed by atoms with van der Waals surface area (Å²) in [7, 11) is 0. The van der Waals surface area contributed by atoms with Crippen molar-refractivity contribution in [2.24, 2.45) is 5.73 Å². The van der Waals surface area contributed by atoms with E-state index in [1.54, 1.807) is 18.2 Å². The summed E-state index contributed by atoms with van der Waals surface area (Å²) in [6.45, 7) is 2.78. The van der Waals surface area contributed by atoms with Gasteiger partial charge in [-0.15, -0.1) is 0 Å². The average Bonchev–Trinajstić information content (AvgIpc) is 2.26. The van der Waals surface area contributed by atoms with E-state index < -0.39 is 5.97 Å². The van der Waals surface area contributed by atoms with Gasteiger partial charge in [0, 0.05) is 0 Å². The van der Waals surface area contributed by atoms with Crippen molar-refractivity contribution < 1.29 is 9.90 Å². The van der Waals surface area contributed by atoms with Crippen LogP contribution in [-0.4, -0.2) is 17.6 Å². The van der Waals surface area contributed by atoms with Crippen LogP contribution < -0.4 is 5.73 Å². The lowest BCUT2D eigenvalue weighted by Crippen LogP contribution is -2.03. The summed E-state index contributed by atoms with van der Waals surface area (Å²) in [6.07, 6.45) is 1.97. The minimum Gasteiger partial charge on any atom is -0.478 e. The number of carbonyl (C=O) groups is 1. The molecule has 0 aliphatic carbocycles. The second-order valence-corrected chi connectivity index (χ2v) is 3.76. The Bertz CT molecular complexity index is 336. The van der Waals surface area contributed by atoms with Gasteiger partial charge in [-0.3, -0.25) is 0 Å². The zero-order valence-corrected chi connectivity index (χ0v) is 8.94. The Morgan fingerprint density at radius 3 is 2.87 bits per heavy atom. The molecule has 0 amide bonds. The van der Waals surface area contributed by atoms with E-state index in [1.807, 2.05) is 6.07 Å². The number of nitrogens with two attached hydrogens (primary N) is 1. The number of rotatable bonds is 5. The molecule has 15 heavy (non-hydrogen) atoms. The lowest BCUT2D eigenvalue weighted by atomic mass is 9.95. The Hall–Kier alpha value is -1.35. The number of aromatic carboxylic acids is 1. The standard InChI is InChI=1S/C12H17NO2/c1-9(4-3-7-13)10-5-2-6-11(8-10)12(14)15/h2,5-6,8-9H,3-4,7,13H2,1H3,(H,14,15). The molecule has 3 heteroatoms. The van der Waals surface area contributed by atoms with Crippen LogP contribution in [0.4, 0.5) is 0 Å². The number of hydrogen-bond acceptors (Lipinski definition) is 2. The topological polar surface area (TPSA) is 63.3 Å². The highest BCUT2D eigenvalue weighted by Crippen LogP contribution is 2.21. The molecule has 0 aliphatic heterocycles. The molecule has 0 radical (unpaired) electrons. The summed E-state index contributed by atoms with van der Waals surface area (Å²) in [5.74, 6) is -0.504. The number of benzene rings is 1. The maximum absolute atomic E-state index is 10.8. The van der Waals surface area contributed by atoms with E-state index in [2.05, 4.69) is 6.92 Å². The molecule has 3 nitrogen and oxygen atoms in total. The monoisotopic (exact) mass is 207 g/mol. The van der Waals surface area contributed by atoms with Gasteiger partial charge in [0.05, 0.1) is 5.56 Å². The predicted octanol–water partition coefficient (Wildman–Crippen LogP) is 2.23. The maximum atomic E-state index is 10.8. The molecule has 1 aromatic rings. The lowest BCUT2D eigenvalue weighted by Gasteiger charge is -2.11. The largest absolute Gasteiger partial charge is 0.478 e. The first-order valence-corrected chi connectivity index (χ1v) is 5.18. The highest BCUT2D eigenvalue weighted by atomic mass is 16.4. The van der Waals surface area contributed by atoms with Gasteiger partial charge >= 0.3 is 5.97 Å². The van der Waals surface area contributed by atoms with E-state index in [1.165, 1.54) is 0 Å². The second-order valence-electron chi connectivity index (χ2n) is 3.76. The number of carboxylic acid groups (broad SMARTS) is 1. The van der Waals surface area contributed by atoms with Crippen LogP contribution >= 0.6 is 0 Å². The second kappa shape index (κ2) is 5.51. The molecule has 1 aromatic carbocycles. The molecule has 1 unspecified atom stereocenters. The summed E-state index contributed by atoms with van der Waals surface area (Å²) in [5.41, 5.74) is 6.87. The molecule has 0 aromatic heterocycles. The Labute approximate surface area is 89.9 Å². The van der Waals surface area contributed by atoms with E-state index in [-0.39, 0.29) is 0 Å². The highest BCUT2D eigenvalue weighted by molar-refractivity contribution is 5.87. The van der Waals surface area contributed by atoms with Crippen molar-refractivity contribution in [3.05, 3.63) is 35.4 Å². The molecule has 0 saturated heterocycles. The minimum atomic E-state index is -0.872. The zero-order valence-electron chi connectivity index (χ0n) is 8.94. The van der Waals surface area contributed by atoms with Crippen molar-refractivity contribution in [1.82, 2.24) is 0 Å². The van der Waals surface area contributed by atoms with Crippen LogP contribution in [0.5, 0.6) is 0 Å². The first-order valence-electron chi connectivity index (χ1n) is 5.18. The summed E-state index contributed by atoms with van der Waals surface area (Å²) in [6, 6.07) is 7.11. The number of hydrogen-bond donors (Lipinski definition) is 2. The van der Waals surface area contributed by atoms with Gasteiger partial charge in [0.15, 0.2) is 0 Å². The van der Waals surface area contributed by atoms with Crippen molar-refractivity contribution in [3.63, 3.8) is 0 Å². The fraction of sp³-hybridized carbons (Fsp3) is 0.417. The van der Waals surface area contributed by atoms with E-state index >= 15 is 0 Å². The maximum Gasteiger partial charge on any atom is 0.335 e. The van der Waals surface area contributed by atoms with Crippen molar-refractivity contribution in [1.29, 1.82) is 0 Å². The Balaban J connectivity index is 2.76. The van der Waals surface area contributed by atoms with Crippen molar-refractivity contribution in [3.8, 4) is 0 Å². The summed E-state index contributed by atoms with van der Waals surface area (Å²) in [5, 5.41) is 8.85. The molecule has 0 saturated carbocycles. The van der Waals surface area contributed by atoms with Gasteiger partial charge in [-0.1, -0.05) is 19.1 Å². The Kier molecular flexibility index (Phi) is 4.31. The van der Waals surface area contributed by atoms with Gasteiger partial charge in [0.1, 0.15) is 0 Å². The smallest absolute Gasteiger partial charge is 0.335 e. The van der Waals surface area contributed by atoms with Gasteiger partial charge in [-0.2, -0.15) is 0 Å². The third-order valence-electron chi connectivity index (χ3n) is 2.54. The molecule has 0 bridgehead atoms. The summed E-state index contributed by atoms with van der Waals surface area (Å²) in [4.78, 5) is 10.8. The SMILES string of the molecule is CC(CCCN)c1cccc(C(=O)O)c1. The molecular formula is C12H17NO2. The van der Waals surface area contributed by atoms with Crippen LogP contribution in [0.1, 0.15) is 41.6 Å². The summed E-state index contributed by atoms with van der Waals surface area (Å²) < 4.78 is 0. The molecule has 0 fully saturated rings. The van der Waals surface area contributed by atoms with Crippen molar-refractivity contribution in [2.45, 2.75) is 25.7 Å². The van der Waals surface area contributed by atoms with E-state index in [4.69, 9.17) is 10.8 Å². The third kappa shape index (κ3) is 3.36. The zero-order chi connectivity index (χ0) is 11.3. The normalized spacial score (nSPS) is 12.4. The first kappa shape index (κ1) is 11.7.